The largest absolute Gasteiger partial charge is 0.373 e. The Morgan fingerprint density at radius 3 is 2.75 bits per heavy atom. The summed E-state index contributed by atoms with van der Waals surface area (Å²) in [6.45, 7) is 0. The van der Waals surface area contributed by atoms with Gasteiger partial charge in [0, 0.05) is 24.7 Å². The van der Waals surface area contributed by atoms with E-state index < -0.39 is 0 Å². The third-order valence-electron chi connectivity index (χ3n) is 2.90. The van der Waals surface area contributed by atoms with E-state index in [-0.39, 0.29) is 0 Å². The number of nitrogens with zero attached hydrogens (tertiary/aromatic N) is 3. The zero-order valence-corrected chi connectivity index (χ0v) is 11.5. The van der Waals surface area contributed by atoms with Crippen LogP contribution < -0.4 is 10.6 Å². The van der Waals surface area contributed by atoms with Crippen LogP contribution in [0.2, 0.25) is 5.02 Å². The van der Waals surface area contributed by atoms with E-state index in [9.17, 15) is 0 Å². The molecule has 20 heavy (non-hydrogen) atoms. The molecule has 100 valence electrons. The Labute approximate surface area is 121 Å². The highest BCUT2D eigenvalue weighted by molar-refractivity contribution is 6.35. The molecular weight excluding hydrogens is 274 g/mol. The van der Waals surface area contributed by atoms with E-state index in [1.807, 2.05) is 37.4 Å². The Kier molecular flexibility index (Phi) is 3.35. The Hall–Kier alpha value is -2.40. The van der Waals surface area contributed by atoms with Gasteiger partial charge in [-0.1, -0.05) is 11.6 Å². The molecule has 2 aromatic heterocycles. The van der Waals surface area contributed by atoms with Crippen LogP contribution in [0, 0.1) is 0 Å². The Bertz CT molecular complexity index is 759. The van der Waals surface area contributed by atoms with Gasteiger partial charge in [0.05, 0.1) is 16.2 Å². The highest BCUT2D eigenvalue weighted by atomic mass is 35.5. The maximum Gasteiger partial charge on any atom is 0.135 e. The molecule has 0 aliphatic heterocycles. The fraction of sp³-hybridized carbons (Fsp3) is 0.0714. The van der Waals surface area contributed by atoms with Crippen LogP contribution in [0.3, 0.4) is 0 Å². The van der Waals surface area contributed by atoms with Crippen molar-refractivity contribution in [2.24, 2.45) is 0 Å². The number of nitrogens with one attached hydrogen (secondary N) is 2. The van der Waals surface area contributed by atoms with Crippen LogP contribution in [0.1, 0.15) is 0 Å². The maximum atomic E-state index is 6.18. The molecule has 1 aromatic carbocycles. The average Bonchev–Trinajstić information content (AvgIpc) is 2.51. The molecule has 0 bridgehead atoms. The van der Waals surface area contributed by atoms with Crippen molar-refractivity contribution in [3.05, 3.63) is 47.9 Å². The Balaban J connectivity index is 2.04. The van der Waals surface area contributed by atoms with E-state index in [0.29, 0.717) is 10.8 Å². The van der Waals surface area contributed by atoms with Gasteiger partial charge in [-0.15, -0.1) is 0 Å². The van der Waals surface area contributed by atoms with E-state index >= 15 is 0 Å². The number of benzene rings is 1. The van der Waals surface area contributed by atoms with Crippen molar-refractivity contribution in [2.75, 3.05) is 17.7 Å². The molecule has 0 spiro atoms. The van der Waals surface area contributed by atoms with Gasteiger partial charge in [0.2, 0.25) is 0 Å². The van der Waals surface area contributed by atoms with Crippen molar-refractivity contribution in [2.45, 2.75) is 0 Å². The minimum absolute atomic E-state index is 0.678. The third-order valence-corrected chi connectivity index (χ3v) is 3.23. The van der Waals surface area contributed by atoms with E-state index in [1.165, 1.54) is 6.33 Å². The van der Waals surface area contributed by atoms with Gasteiger partial charge in [-0.25, -0.2) is 9.97 Å². The molecule has 0 fully saturated rings. The van der Waals surface area contributed by atoms with Crippen LogP contribution >= 0.6 is 11.6 Å². The van der Waals surface area contributed by atoms with Crippen molar-refractivity contribution in [1.82, 2.24) is 15.0 Å². The fourth-order valence-corrected chi connectivity index (χ4v) is 2.15. The van der Waals surface area contributed by atoms with E-state index in [4.69, 9.17) is 11.6 Å². The first-order chi connectivity index (χ1) is 9.78. The Morgan fingerprint density at radius 2 is 1.90 bits per heavy atom. The molecular formula is C14H12ClN5. The summed E-state index contributed by atoms with van der Waals surface area (Å²) in [7, 11) is 1.81. The summed E-state index contributed by atoms with van der Waals surface area (Å²) in [5, 5.41) is 7.79. The summed E-state index contributed by atoms with van der Waals surface area (Å²) in [6, 6.07) is 9.35. The maximum absolute atomic E-state index is 6.18. The molecule has 0 atom stereocenters. The SMILES string of the molecule is CNc1cc(Nc2ccc(Cl)c3cccnc23)ncn1. The topological polar surface area (TPSA) is 62.7 Å². The molecule has 3 aromatic rings. The zero-order valence-electron chi connectivity index (χ0n) is 10.8. The van der Waals surface area contributed by atoms with Crippen molar-refractivity contribution in [3.63, 3.8) is 0 Å². The van der Waals surface area contributed by atoms with Gasteiger partial charge in [-0.3, -0.25) is 4.98 Å². The molecule has 0 unspecified atom stereocenters. The lowest BCUT2D eigenvalue weighted by Gasteiger charge is -2.10. The van der Waals surface area contributed by atoms with E-state index in [0.717, 1.165) is 22.4 Å². The van der Waals surface area contributed by atoms with Crippen molar-refractivity contribution in [3.8, 4) is 0 Å². The zero-order chi connectivity index (χ0) is 13.9. The van der Waals surface area contributed by atoms with Crippen LogP contribution in [-0.4, -0.2) is 22.0 Å². The average molecular weight is 286 g/mol. The predicted octanol–water partition coefficient (Wildman–Crippen LogP) is 3.46. The van der Waals surface area contributed by atoms with Crippen LogP contribution in [0.25, 0.3) is 10.9 Å². The second-order valence-corrected chi connectivity index (χ2v) is 4.57. The lowest BCUT2D eigenvalue weighted by molar-refractivity contribution is 1.16. The number of fused-ring (bicyclic) bond motifs is 1. The van der Waals surface area contributed by atoms with Crippen LogP contribution in [0.15, 0.2) is 42.9 Å². The molecule has 0 amide bonds. The number of hydrogen-bond acceptors (Lipinski definition) is 5. The molecule has 0 radical (unpaired) electrons. The van der Waals surface area contributed by atoms with Crippen LogP contribution in [0.4, 0.5) is 17.3 Å². The van der Waals surface area contributed by atoms with Crippen molar-refractivity contribution >= 4 is 39.8 Å². The first kappa shape index (κ1) is 12.6. The van der Waals surface area contributed by atoms with Crippen molar-refractivity contribution < 1.29 is 0 Å². The molecule has 0 saturated heterocycles. The highest BCUT2D eigenvalue weighted by Gasteiger charge is 2.06. The molecule has 0 saturated carbocycles. The summed E-state index contributed by atoms with van der Waals surface area (Å²) in [5.41, 5.74) is 1.66. The highest BCUT2D eigenvalue weighted by Crippen LogP contribution is 2.29. The molecule has 5 nitrogen and oxygen atoms in total. The standard InChI is InChI=1S/C14H12ClN5/c1-16-12-7-13(19-8-18-12)20-11-5-4-10(15)9-3-2-6-17-14(9)11/h2-8H,1H3,(H2,16,18,19,20). The number of rotatable bonds is 3. The summed E-state index contributed by atoms with van der Waals surface area (Å²) < 4.78 is 0. The van der Waals surface area contributed by atoms with Gasteiger partial charge < -0.3 is 10.6 Å². The monoisotopic (exact) mass is 285 g/mol. The van der Waals surface area contributed by atoms with Gasteiger partial charge in [0.1, 0.15) is 18.0 Å². The second kappa shape index (κ2) is 5.30. The second-order valence-electron chi connectivity index (χ2n) is 4.16. The van der Waals surface area contributed by atoms with Gasteiger partial charge in [0.25, 0.3) is 0 Å². The lowest BCUT2D eigenvalue weighted by atomic mass is 10.2. The van der Waals surface area contributed by atoms with Crippen LogP contribution in [0.5, 0.6) is 0 Å². The fourth-order valence-electron chi connectivity index (χ4n) is 1.94. The van der Waals surface area contributed by atoms with Gasteiger partial charge in [-0.05, 0) is 24.3 Å². The number of hydrogen-bond donors (Lipinski definition) is 2. The molecule has 0 aliphatic carbocycles. The van der Waals surface area contributed by atoms with E-state index in [2.05, 4.69) is 25.6 Å². The van der Waals surface area contributed by atoms with Gasteiger partial charge in [-0.2, -0.15) is 0 Å². The minimum atomic E-state index is 0.678. The molecule has 0 aliphatic rings. The molecule has 2 N–H and O–H groups in total. The first-order valence-electron chi connectivity index (χ1n) is 6.08. The number of anilines is 3. The molecule has 2 heterocycles. The summed E-state index contributed by atoms with van der Waals surface area (Å²) >= 11 is 6.18. The normalized spacial score (nSPS) is 10.5. The minimum Gasteiger partial charge on any atom is -0.373 e. The molecule has 6 heteroatoms. The van der Waals surface area contributed by atoms with Gasteiger partial charge in [0.15, 0.2) is 0 Å². The lowest BCUT2D eigenvalue weighted by Crippen LogP contribution is -1.99. The smallest absolute Gasteiger partial charge is 0.135 e. The third kappa shape index (κ3) is 2.35. The summed E-state index contributed by atoms with van der Waals surface area (Å²) in [6.07, 6.45) is 3.24. The van der Waals surface area contributed by atoms with Crippen molar-refractivity contribution in [1.29, 1.82) is 0 Å². The summed E-state index contributed by atoms with van der Waals surface area (Å²) in [4.78, 5) is 12.6. The number of pyridine rings is 1. The summed E-state index contributed by atoms with van der Waals surface area (Å²) in [5.74, 6) is 1.44. The van der Waals surface area contributed by atoms with E-state index in [1.54, 1.807) is 6.20 Å². The predicted molar refractivity (Wildman–Crippen MR) is 81.6 cm³/mol. The number of halogens is 1. The quantitative estimate of drug-likeness (QED) is 0.771. The number of aromatic nitrogens is 3. The Morgan fingerprint density at radius 1 is 1.05 bits per heavy atom. The van der Waals surface area contributed by atoms with Gasteiger partial charge >= 0.3 is 0 Å². The van der Waals surface area contributed by atoms with Crippen LogP contribution in [-0.2, 0) is 0 Å². The first-order valence-corrected chi connectivity index (χ1v) is 6.46. The molecule has 3 rings (SSSR count).